The monoisotopic (exact) mass is 613 g/mol. The molecule has 0 aliphatic heterocycles. The van der Waals surface area contributed by atoms with E-state index < -0.39 is 28.5 Å². The lowest BCUT2D eigenvalue weighted by Crippen LogP contribution is -2.53. The van der Waals surface area contributed by atoms with E-state index in [0.29, 0.717) is 12.3 Å². The highest BCUT2D eigenvalue weighted by Crippen LogP contribution is 2.32. The summed E-state index contributed by atoms with van der Waals surface area (Å²) in [7, 11) is -2.76. The van der Waals surface area contributed by atoms with E-state index in [4.69, 9.17) is 4.74 Å². The van der Waals surface area contributed by atoms with Gasteiger partial charge in [-0.15, -0.1) is 0 Å². The highest BCUT2D eigenvalue weighted by Gasteiger charge is 2.35. The van der Waals surface area contributed by atoms with Crippen LogP contribution in [0.3, 0.4) is 0 Å². The third-order valence-electron chi connectivity index (χ3n) is 7.26. The molecule has 8 nitrogen and oxygen atoms in total. The largest absolute Gasteiger partial charge is 0.495 e. The van der Waals surface area contributed by atoms with Crippen molar-refractivity contribution in [3.8, 4) is 5.75 Å². The number of amides is 2. The molecule has 230 valence electrons. The zero-order valence-electron chi connectivity index (χ0n) is 25.3. The number of aryl methyl sites for hydroxylation is 1. The van der Waals surface area contributed by atoms with E-state index in [0.717, 1.165) is 27.4 Å². The van der Waals surface area contributed by atoms with Crippen LogP contribution in [0.2, 0.25) is 0 Å². The van der Waals surface area contributed by atoms with Gasteiger partial charge in [-0.05, 0) is 48.7 Å². The van der Waals surface area contributed by atoms with E-state index >= 15 is 0 Å². The predicted molar refractivity (Wildman–Crippen MR) is 173 cm³/mol. The summed E-state index contributed by atoms with van der Waals surface area (Å²) in [5.41, 5.74) is 2.98. The van der Waals surface area contributed by atoms with Crippen LogP contribution in [0.25, 0.3) is 0 Å². The molecule has 0 unspecified atom stereocenters. The van der Waals surface area contributed by atoms with Crippen LogP contribution in [-0.2, 0) is 32.6 Å². The van der Waals surface area contributed by atoms with Gasteiger partial charge >= 0.3 is 0 Å². The van der Waals surface area contributed by atoms with Crippen LogP contribution < -0.4 is 14.4 Å². The number of hydrogen-bond acceptors (Lipinski definition) is 5. The summed E-state index contributed by atoms with van der Waals surface area (Å²) in [6, 6.07) is 31.0. The molecular formula is C35H39N3O5S. The molecule has 0 aromatic heterocycles. The summed E-state index contributed by atoms with van der Waals surface area (Å²) in [5.74, 6) is -0.527. The van der Waals surface area contributed by atoms with Crippen molar-refractivity contribution in [1.82, 2.24) is 10.2 Å². The van der Waals surface area contributed by atoms with Crippen molar-refractivity contribution in [3.63, 3.8) is 0 Å². The van der Waals surface area contributed by atoms with Crippen molar-refractivity contribution < 1.29 is 22.7 Å². The Morgan fingerprint density at radius 3 is 2.07 bits per heavy atom. The van der Waals surface area contributed by atoms with Gasteiger partial charge in [0.05, 0.1) is 17.7 Å². The fourth-order valence-electron chi connectivity index (χ4n) is 4.88. The Balaban J connectivity index is 1.81. The maximum Gasteiger partial charge on any atom is 0.264 e. The van der Waals surface area contributed by atoms with Gasteiger partial charge in [0.25, 0.3) is 10.0 Å². The lowest BCUT2D eigenvalue weighted by Gasteiger charge is -2.34. The molecule has 0 bridgehead atoms. The molecular weight excluding hydrogens is 574 g/mol. The fraction of sp³-hybridized carbons (Fsp3) is 0.257. The fourth-order valence-corrected chi connectivity index (χ4v) is 6.32. The Morgan fingerprint density at radius 2 is 1.43 bits per heavy atom. The van der Waals surface area contributed by atoms with Crippen molar-refractivity contribution in [2.75, 3.05) is 24.5 Å². The number of para-hydroxylation sites is 2. The number of rotatable bonds is 14. The maximum absolute atomic E-state index is 14.5. The minimum Gasteiger partial charge on any atom is -0.495 e. The third kappa shape index (κ3) is 8.05. The second-order valence-electron chi connectivity index (χ2n) is 10.5. The molecule has 4 rings (SSSR count). The van der Waals surface area contributed by atoms with Crippen molar-refractivity contribution >= 4 is 27.5 Å². The highest BCUT2D eigenvalue weighted by molar-refractivity contribution is 7.92. The molecule has 0 fully saturated rings. The summed E-state index contributed by atoms with van der Waals surface area (Å²) >= 11 is 0. The molecule has 9 heteroatoms. The number of sulfonamides is 1. The number of methoxy groups -OCH3 is 1. The number of nitrogens with one attached hydrogen (secondary N) is 1. The number of anilines is 1. The minimum absolute atomic E-state index is 0.0327. The average Bonchev–Trinajstić information content (AvgIpc) is 3.05. The molecule has 0 heterocycles. The van der Waals surface area contributed by atoms with Crippen LogP contribution in [0.15, 0.2) is 114 Å². The summed E-state index contributed by atoms with van der Waals surface area (Å²) in [6.45, 7) is 3.95. The first-order valence-electron chi connectivity index (χ1n) is 14.6. The van der Waals surface area contributed by atoms with Crippen molar-refractivity contribution in [1.29, 1.82) is 0 Å². The Morgan fingerprint density at radius 1 is 0.818 bits per heavy atom. The lowest BCUT2D eigenvalue weighted by molar-refractivity contribution is -0.140. The van der Waals surface area contributed by atoms with Gasteiger partial charge in [0.2, 0.25) is 11.8 Å². The van der Waals surface area contributed by atoms with Gasteiger partial charge in [0.1, 0.15) is 18.3 Å². The number of benzene rings is 4. The van der Waals surface area contributed by atoms with Crippen molar-refractivity contribution in [2.24, 2.45) is 0 Å². The zero-order chi connectivity index (χ0) is 31.5. The molecule has 0 saturated heterocycles. The topological polar surface area (TPSA) is 96.0 Å². The van der Waals surface area contributed by atoms with Crippen LogP contribution >= 0.6 is 0 Å². The predicted octanol–water partition coefficient (Wildman–Crippen LogP) is 5.37. The normalized spacial score (nSPS) is 11.8. The Labute approximate surface area is 260 Å². The third-order valence-corrected chi connectivity index (χ3v) is 9.03. The Kier molecular flexibility index (Phi) is 11.2. The van der Waals surface area contributed by atoms with E-state index in [1.54, 1.807) is 42.5 Å². The van der Waals surface area contributed by atoms with Crippen LogP contribution in [0.4, 0.5) is 5.69 Å². The second kappa shape index (κ2) is 15.2. The molecule has 4 aromatic rings. The first kappa shape index (κ1) is 32.3. The molecule has 4 aromatic carbocycles. The van der Waals surface area contributed by atoms with Gasteiger partial charge in [-0.1, -0.05) is 97.4 Å². The number of ether oxygens (including phenoxy) is 1. The Hall–Kier alpha value is -4.63. The van der Waals surface area contributed by atoms with Gasteiger partial charge in [-0.3, -0.25) is 13.9 Å². The summed E-state index contributed by atoms with van der Waals surface area (Å²) in [6.07, 6.45) is 0.987. The van der Waals surface area contributed by atoms with Crippen molar-refractivity contribution in [3.05, 3.63) is 126 Å². The van der Waals surface area contributed by atoms with Gasteiger partial charge in [-0.2, -0.15) is 0 Å². The van der Waals surface area contributed by atoms with E-state index in [2.05, 4.69) is 5.32 Å². The maximum atomic E-state index is 14.5. The molecule has 1 atom stereocenters. The standard InChI is InChI=1S/C35H39N3O5S/c1-4-23-36-35(40)32(24-28-13-7-5-8-14-28)37(25-29-21-19-27(2)20-22-29)34(39)26-38(31-17-11-12-18-33(31)43-3)44(41,42)30-15-9-6-10-16-30/h5-22,32H,4,23-26H2,1-3H3,(H,36,40)/t32-/m1/s1. The van der Waals surface area contributed by atoms with Crippen molar-refractivity contribution in [2.45, 2.75) is 44.2 Å². The average molecular weight is 614 g/mol. The van der Waals surface area contributed by atoms with Crippen LogP contribution in [-0.4, -0.2) is 51.4 Å². The smallest absolute Gasteiger partial charge is 0.264 e. The summed E-state index contributed by atoms with van der Waals surface area (Å²) in [4.78, 5) is 29.7. The van der Waals surface area contributed by atoms with E-state index in [1.165, 1.54) is 24.1 Å². The molecule has 1 N–H and O–H groups in total. The van der Waals surface area contributed by atoms with Gasteiger partial charge in [0, 0.05) is 19.5 Å². The molecule has 0 spiro atoms. The van der Waals surface area contributed by atoms with Crippen LogP contribution in [0.1, 0.15) is 30.0 Å². The minimum atomic E-state index is -4.21. The van der Waals surface area contributed by atoms with Gasteiger partial charge in [-0.25, -0.2) is 8.42 Å². The number of carbonyl (C=O) groups excluding carboxylic acids is 2. The number of carbonyl (C=O) groups is 2. The molecule has 0 aliphatic carbocycles. The summed E-state index contributed by atoms with van der Waals surface area (Å²) < 4.78 is 34.8. The molecule has 0 aliphatic rings. The zero-order valence-corrected chi connectivity index (χ0v) is 26.2. The Bertz CT molecular complexity index is 1630. The summed E-state index contributed by atoms with van der Waals surface area (Å²) in [5, 5.41) is 2.96. The van der Waals surface area contributed by atoms with E-state index in [-0.39, 0.29) is 29.5 Å². The molecule has 2 amide bonds. The molecule has 0 radical (unpaired) electrons. The SMILES string of the molecule is CCCNC(=O)[C@@H](Cc1ccccc1)N(Cc1ccc(C)cc1)C(=O)CN(c1ccccc1OC)S(=O)(=O)c1ccccc1. The molecule has 0 saturated carbocycles. The highest BCUT2D eigenvalue weighted by atomic mass is 32.2. The first-order chi connectivity index (χ1) is 21.2. The second-order valence-corrected chi connectivity index (χ2v) is 12.4. The van der Waals surface area contributed by atoms with Crippen LogP contribution in [0, 0.1) is 6.92 Å². The number of nitrogens with zero attached hydrogens (tertiary/aromatic N) is 2. The quantitative estimate of drug-likeness (QED) is 0.207. The number of hydrogen-bond donors (Lipinski definition) is 1. The van der Waals surface area contributed by atoms with E-state index in [1.807, 2.05) is 68.4 Å². The molecule has 44 heavy (non-hydrogen) atoms. The first-order valence-corrected chi connectivity index (χ1v) is 16.1. The van der Waals surface area contributed by atoms with E-state index in [9.17, 15) is 18.0 Å². The van der Waals surface area contributed by atoms with Crippen LogP contribution in [0.5, 0.6) is 5.75 Å². The van der Waals surface area contributed by atoms with Gasteiger partial charge < -0.3 is 15.0 Å². The lowest BCUT2D eigenvalue weighted by atomic mass is 10.0. The van der Waals surface area contributed by atoms with Gasteiger partial charge in [0.15, 0.2) is 0 Å².